The molecule has 0 spiro atoms. The van der Waals surface area contributed by atoms with Crippen molar-refractivity contribution >= 4 is 17.5 Å². The standard InChI is InChI=1S/C11H14O4/c1-9(2)10(3)4-5-11(9,8(14)15)7(13)6(10)12/h4-5H2,1-3H3,(H,14,15)/t10?,11-/m0/s1. The quantitative estimate of drug-likeness (QED) is 0.518. The van der Waals surface area contributed by atoms with Crippen molar-refractivity contribution in [2.45, 2.75) is 33.6 Å². The molecule has 2 aliphatic rings. The van der Waals surface area contributed by atoms with E-state index >= 15 is 0 Å². The van der Waals surface area contributed by atoms with Crippen LogP contribution in [0.4, 0.5) is 0 Å². The first-order chi connectivity index (χ1) is 6.72. The van der Waals surface area contributed by atoms with Crippen molar-refractivity contribution in [2.75, 3.05) is 0 Å². The molecule has 0 aromatic rings. The van der Waals surface area contributed by atoms with Gasteiger partial charge in [0.25, 0.3) is 0 Å². The van der Waals surface area contributed by atoms with Crippen molar-refractivity contribution in [3.05, 3.63) is 0 Å². The van der Waals surface area contributed by atoms with Gasteiger partial charge >= 0.3 is 5.97 Å². The Hall–Kier alpha value is -1.19. The van der Waals surface area contributed by atoms with E-state index in [-0.39, 0.29) is 6.42 Å². The van der Waals surface area contributed by atoms with Gasteiger partial charge in [0, 0.05) is 10.8 Å². The van der Waals surface area contributed by atoms with Crippen LogP contribution in [0.3, 0.4) is 0 Å². The molecule has 0 radical (unpaired) electrons. The Morgan fingerprint density at radius 3 is 1.93 bits per heavy atom. The van der Waals surface area contributed by atoms with Crippen LogP contribution < -0.4 is 0 Å². The molecule has 2 fully saturated rings. The van der Waals surface area contributed by atoms with Gasteiger partial charge in [0.05, 0.1) is 0 Å². The number of Topliss-reactive ketones (excluding diaryl/α,β-unsaturated/α-hetero) is 2. The molecule has 0 aliphatic heterocycles. The summed E-state index contributed by atoms with van der Waals surface area (Å²) >= 11 is 0. The highest BCUT2D eigenvalue weighted by atomic mass is 16.4. The Morgan fingerprint density at radius 2 is 1.67 bits per heavy atom. The van der Waals surface area contributed by atoms with E-state index in [0.29, 0.717) is 6.42 Å². The lowest BCUT2D eigenvalue weighted by atomic mass is 9.65. The van der Waals surface area contributed by atoms with E-state index in [1.54, 1.807) is 20.8 Å². The second-order valence-corrected chi connectivity index (χ2v) is 5.33. The van der Waals surface area contributed by atoms with Crippen molar-refractivity contribution in [3.8, 4) is 0 Å². The van der Waals surface area contributed by atoms with E-state index in [1.165, 1.54) is 0 Å². The molecular formula is C11H14O4. The summed E-state index contributed by atoms with van der Waals surface area (Å²) in [5, 5.41) is 9.26. The fraction of sp³-hybridized carbons (Fsp3) is 0.727. The van der Waals surface area contributed by atoms with E-state index in [1.807, 2.05) is 0 Å². The van der Waals surface area contributed by atoms with Crippen LogP contribution in [0.25, 0.3) is 0 Å². The Bertz CT molecular complexity index is 395. The van der Waals surface area contributed by atoms with Gasteiger partial charge in [0.15, 0.2) is 0 Å². The van der Waals surface area contributed by atoms with Gasteiger partial charge in [-0.25, -0.2) is 0 Å². The highest BCUT2D eigenvalue weighted by Gasteiger charge is 2.78. The van der Waals surface area contributed by atoms with Crippen molar-refractivity contribution in [1.82, 2.24) is 0 Å². The maximum Gasteiger partial charge on any atom is 0.318 e. The third kappa shape index (κ3) is 0.713. The molecule has 4 nitrogen and oxygen atoms in total. The lowest BCUT2D eigenvalue weighted by molar-refractivity contribution is -0.160. The Morgan fingerprint density at radius 1 is 1.13 bits per heavy atom. The summed E-state index contributed by atoms with van der Waals surface area (Å²) in [5.74, 6) is -2.35. The fourth-order valence-corrected chi connectivity index (χ4v) is 3.24. The summed E-state index contributed by atoms with van der Waals surface area (Å²) in [6, 6.07) is 0. The minimum Gasteiger partial charge on any atom is -0.480 e. The third-order valence-corrected chi connectivity index (χ3v) is 4.91. The highest BCUT2D eigenvalue weighted by Crippen LogP contribution is 2.68. The number of carbonyl (C=O) groups excluding carboxylic acids is 2. The van der Waals surface area contributed by atoms with Crippen LogP contribution in [0.2, 0.25) is 0 Å². The Balaban J connectivity index is 2.73. The number of fused-ring (bicyclic) bond motifs is 2. The molecule has 2 bridgehead atoms. The summed E-state index contributed by atoms with van der Waals surface area (Å²) in [4.78, 5) is 34.9. The van der Waals surface area contributed by atoms with Gasteiger partial charge in [-0.1, -0.05) is 20.8 Å². The molecule has 0 aromatic carbocycles. The predicted molar refractivity (Wildman–Crippen MR) is 51.2 cm³/mol. The van der Waals surface area contributed by atoms with Gasteiger partial charge in [0.1, 0.15) is 5.41 Å². The summed E-state index contributed by atoms with van der Waals surface area (Å²) in [6.45, 7) is 5.15. The summed E-state index contributed by atoms with van der Waals surface area (Å²) in [6.07, 6.45) is 0.785. The van der Waals surface area contributed by atoms with Gasteiger partial charge in [-0.3, -0.25) is 14.4 Å². The van der Waals surface area contributed by atoms with E-state index in [0.717, 1.165) is 0 Å². The van der Waals surface area contributed by atoms with Crippen LogP contribution in [0.5, 0.6) is 0 Å². The normalized spacial score (nSPS) is 42.3. The maximum absolute atomic E-state index is 11.8. The molecule has 1 N–H and O–H groups in total. The number of rotatable bonds is 1. The molecule has 4 heteroatoms. The molecule has 0 amide bonds. The van der Waals surface area contributed by atoms with Gasteiger partial charge < -0.3 is 5.11 Å². The lowest BCUT2D eigenvalue weighted by Gasteiger charge is -2.35. The van der Waals surface area contributed by atoms with Crippen LogP contribution in [-0.4, -0.2) is 22.6 Å². The summed E-state index contributed by atoms with van der Waals surface area (Å²) in [7, 11) is 0. The number of ketones is 2. The maximum atomic E-state index is 11.8. The molecular weight excluding hydrogens is 196 g/mol. The Labute approximate surface area is 87.7 Å². The zero-order chi connectivity index (χ0) is 11.6. The number of carbonyl (C=O) groups is 3. The largest absolute Gasteiger partial charge is 0.480 e. The molecule has 2 saturated carbocycles. The van der Waals surface area contributed by atoms with Crippen LogP contribution in [-0.2, 0) is 14.4 Å². The van der Waals surface area contributed by atoms with Crippen molar-refractivity contribution in [3.63, 3.8) is 0 Å². The Kier molecular flexibility index (Phi) is 1.59. The molecule has 0 heterocycles. The smallest absolute Gasteiger partial charge is 0.318 e. The summed E-state index contributed by atoms with van der Waals surface area (Å²) < 4.78 is 0. The van der Waals surface area contributed by atoms with Crippen LogP contribution >= 0.6 is 0 Å². The first-order valence-corrected chi connectivity index (χ1v) is 5.04. The van der Waals surface area contributed by atoms with Gasteiger partial charge in [-0.05, 0) is 12.8 Å². The first kappa shape index (κ1) is 10.3. The number of hydrogen-bond donors (Lipinski definition) is 1. The van der Waals surface area contributed by atoms with Gasteiger partial charge in [-0.15, -0.1) is 0 Å². The monoisotopic (exact) mass is 210 g/mol. The molecule has 0 aromatic heterocycles. The van der Waals surface area contributed by atoms with Crippen LogP contribution in [0.1, 0.15) is 33.6 Å². The zero-order valence-electron chi connectivity index (χ0n) is 9.09. The van der Waals surface area contributed by atoms with Crippen molar-refractivity contribution in [2.24, 2.45) is 16.2 Å². The second-order valence-electron chi connectivity index (χ2n) is 5.33. The number of hydrogen-bond acceptors (Lipinski definition) is 3. The second kappa shape index (κ2) is 2.31. The van der Waals surface area contributed by atoms with Crippen molar-refractivity contribution in [1.29, 1.82) is 0 Å². The van der Waals surface area contributed by atoms with Gasteiger partial charge in [0.2, 0.25) is 11.6 Å². The number of aliphatic carboxylic acids is 1. The van der Waals surface area contributed by atoms with E-state index in [9.17, 15) is 19.5 Å². The third-order valence-electron chi connectivity index (χ3n) is 4.91. The molecule has 0 saturated heterocycles. The topological polar surface area (TPSA) is 71.4 Å². The average Bonchev–Trinajstić information content (AvgIpc) is 2.39. The molecule has 2 rings (SSSR count). The molecule has 15 heavy (non-hydrogen) atoms. The van der Waals surface area contributed by atoms with Crippen LogP contribution in [0.15, 0.2) is 0 Å². The average molecular weight is 210 g/mol. The predicted octanol–water partition coefficient (Wildman–Crippen LogP) is 1.04. The lowest BCUT2D eigenvalue weighted by Crippen LogP contribution is -2.44. The SMILES string of the molecule is CC12CC[C@@](C(=O)O)(C(=O)C1=O)C2(C)C. The number of carboxylic acid groups (broad SMARTS) is 1. The first-order valence-electron chi connectivity index (χ1n) is 5.04. The van der Waals surface area contributed by atoms with E-state index in [4.69, 9.17) is 0 Å². The molecule has 1 unspecified atom stereocenters. The van der Waals surface area contributed by atoms with E-state index in [2.05, 4.69) is 0 Å². The fourth-order valence-electron chi connectivity index (χ4n) is 3.24. The number of carboxylic acids is 1. The zero-order valence-corrected chi connectivity index (χ0v) is 9.09. The minimum absolute atomic E-state index is 0.288. The van der Waals surface area contributed by atoms with Gasteiger partial charge in [-0.2, -0.15) is 0 Å². The minimum atomic E-state index is -1.47. The van der Waals surface area contributed by atoms with Crippen LogP contribution in [0, 0.1) is 16.2 Å². The summed E-state index contributed by atoms with van der Waals surface area (Å²) in [5.41, 5.74) is -3.04. The molecule has 2 atom stereocenters. The van der Waals surface area contributed by atoms with E-state index < -0.39 is 33.8 Å². The molecule has 2 aliphatic carbocycles. The van der Waals surface area contributed by atoms with Crippen molar-refractivity contribution < 1.29 is 19.5 Å². The highest BCUT2D eigenvalue weighted by molar-refractivity contribution is 6.48. The molecule has 82 valence electrons.